The van der Waals surface area contributed by atoms with Crippen LogP contribution in [0.3, 0.4) is 0 Å². The first-order valence-electron chi connectivity index (χ1n) is 7.31. The van der Waals surface area contributed by atoms with Gasteiger partial charge in [0.15, 0.2) is 5.96 Å². The van der Waals surface area contributed by atoms with Gasteiger partial charge in [-0.3, -0.25) is 4.99 Å². The van der Waals surface area contributed by atoms with Crippen molar-refractivity contribution in [1.82, 2.24) is 15.6 Å². The Morgan fingerprint density at radius 2 is 2.14 bits per heavy atom. The number of nitrogens with one attached hydrogen (secondary N) is 2. The Labute approximate surface area is 127 Å². The van der Waals surface area contributed by atoms with Crippen LogP contribution in [0.2, 0.25) is 0 Å². The highest BCUT2D eigenvalue weighted by atomic mass is 16.5. The predicted octanol–water partition coefficient (Wildman–Crippen LogP) is 1.57. The monoisotopic (exact) mass is 294 g/mol. The number of pyridine rings is 1. The molecule has 1 aromatic heterocycles. The molecule has 1 heterocycles. The van der Waals surface area contributed by atoms with E-state index in [0.717, 1.165) is 37.5 Å². The number of hydrogen-bond donors (Lipinski definition) is 2. The molecule has 0 bridgehead atoms. The van der Waals surface area contributed by atoms with Gasteiger partial charge in [-0.1, -0.05) is 13.0 Å². The molecule has 0 fully saturated rings. The van der Waals surface area contributed by atoms with Crippen LogP contribution in [0.5, 0.6) is 5.88 Å². The molecule has 118 valence electrons. The van der Waals surface area contributed by atoms with Crippen molar-refractivity contribution in [3.8, 4) is 5.88 Å². The summed E-state index contributed by atoms with van der Waals surface area (Å²) in [5.41, 5.74) is 1.08. The van der Waals surface area contributed by atoms with Gasteiger partial charge in [0, 0.05) is 46.1 Å². The summed E-state index contributed by atoms with van der Waals surface area (Å²) in [6.07, 6.45) is 3.74. The summed E-state index contributed by atoms with van der Waals surface area (Å²) in [5, 5.41) is 6.47. The topological polar surface area (TPSA) is 67.8 Å². The van der Waals surface area contributed by atoms with E-state index in [1.165, 1.54) is 0 Å². The summed E-state index contributed by atoms with van der Waals surface area (Å²) in [6.45, 7) is 5.01. The molecule has 0 saturated heterocycles. The molecule has 6 heteroatoms. The van der Waals surface area contributed by atoms with Crippen LogP contribution in [0.1, 0.15) is 25.3 Å². The number of aliphatic imine (C=N–C) groups is 1. The van der Waals surface area contributed by atoms with Crippen molar-refractivity contribution in [2.45, 2.75) is 26.3 Å². The smallest absolute Gasteiger partial charge is 0.213 e. The maximum atomic E-state index is 5.45. The minimum Gasteiger partial charge on any atom is -0.478 e. The van der Waals surface area contributed by atoms with Crippen LogP contribution in [0.4, 0.5) is 0 Å². The maximum Gasteiger partial charge on any atom is 0.213 e. The standard InChI is InChI=1S/C15H26N4O2/c1-4-9-21-14-7-6-13(11-18-14)12-19-15(16-2)17-8-5-10-20-3/h6-7,11H,4-5,8-10,12H2,1-3H3,(H2,16,17,19). The first-order chi connectivity index (χ1) is 10.3. The van der Waals surface area contributed by atoms with Crippen LogP contribution in [-0.4, -0.2) is 44.9 Å². The third-order valence-corrected chi connectivity index (χ3v) is 2.75. The third kappa shape index (κ3) is 7.51. The minimum absolute atomic E-state index is 0.669. The average molecular weight is 294 g/mol. The largest absolute Gasteiger partial charge is 0.478 e. The van der Waals surface area contributed by atoms with Gasteiger partial charge in [-0.15, -0.1) is 0 Å². The van der Waals surface area contributed by atoms with E-state index in [4.69, 9.17) is 9.47 Å². The van der Waals surface area contributed by atoms with Crippen LogP contribution in [0, 0.1) is 0 Å². The first kappa shape index (κ1) is 17.2. The number of aromatic nitrogens is 1. The first-order valence-corrected chi connectivity index (χ1v) is 7.31. The second-order valence-electron chi connectivity index (χ2n) is 4.55. The van der Waals surface area contributed by atoms with Crippen molar-refractivity contribution < 1.29 is 9.47 Å². The van der Waals surface area contributed by atoms with Crippen LogP contribution >= 0.6 is 0 Å². The molecular weight excluding hydrogens is 268 g/mol. The molecule has 0 aliphatic heterocycles. The summed E-state index contributed by atoms with van der Waals surface area (Å²) in [4.78, 5) is 8.43. The van der Waals surface area contributed by atoms with Gasteiger partial charge >= 0.3 is 0 Å². The van der Waals surface area contributed by atoms with Crippen molar-refractivity contribution in [1.29, 1.82) is 0 Å². The van der Waals surface area contributed by atoms with E-state index in [1.54, 1.807) is 14.2 Å². The van der Waals surface area contributed by atoms with Gasteiger partial charge < -0.3 is 20.1 Å². The Morgan fingerprint density at radius 3 is 2.76 bits per heavy atom. The molecule has 2 N–H and O–H groups in total. The Hall–Kier alpha value is -1.82. The molecule has 0 aliphatic carbocycles. The Morgan fingerprint density at radius 1 is 1.29 bits per heavy atom. The third-order valence-electron chi connectivity index (χ3n) is 2.75. The Kier molecular flexibility index (Phi) is 8.95. The van der Waals surface area contributed by atoms with E-state index < -0.39 is 0 Å². The highest BCUT2D eigenvalue weighted by molar-refractivity contribution is 5.79. The Balaban J connectivity index is 2.32. The molecule has 6 nitrogen and oxygen atoms in total. The number of methoxy groups -OCH3 is 1. The van der Waals surface area contributed by atoms with Crippen molar-refractivity contribution in [2.75, 3.05) is 33.9 Å². The molecule has 0 aromatic carbocycles. The lowest BCUT2D eigenvalue weighted by atomic mass is 10.3. The summed E-state index contributed by atoms with van der Waals surface area (Å²) in [6, 6.07) is 3.89. The van der Waals surface area contributed by atoms with E-state index in [0.29, 0.717) is 19.0 Å². The van der Waals surface area contributed by atoms with Gasteiger partial charge in [0.25, 0.3) is 0 Å². The Bertz CT molecular complexity index is 407. The van der Waals surface area contributed by atoms with E-state index in [1.807, 2.05) is 18.3 Å². The zero-order valence-electron chi connectivity index (χ0n) is 13.2. The minimum atomic E-state index is 0.669. The van der Waals surface area contributed by atoms with Crippen molar-refractivity contribution in [3.05, 3.63) is 23.9 Å². The normalized spacial score (nSPS) is 11.3. The molecule has 0 amide bonds. The molecule has 1 aromatic rings. The highest BCUT2D eigenvalue weighted by Crippen LogP contribution is 2.07. The van der Waals surface area contributed by atoms with Gasteiger partial charge in [0.2, 0.25) is 5.88 Å². The number of hydrogen-bond acceptors (Lipinski definition) is 4. The predicted molar refractivity (Wildman–Crippen MR) is 84.7 cm³/mol. The maximum absolute atomic E-state index is 5.45. The average Bonchev–Trinajstić information content (AvgIpc) is 2.53. The fourth-order valence-corrected chi connectivity index (χ4v) is 1.64. The summed E-state index contributed by atoms with van der Waals surface area (Å²) in [5.74, 6) is 1.44. The van der Waals surface area contributed by atoms with Crippen molar-refractivity contribution >= 4 is 5.96 Å². The fourth-order valence-electron chi connectivity index (χ4n) is 1.64. The van der Waals surface area contributed by atoms with Gasteiger partial charge in [-0.2, -0.15) is 0 Å². The SMILES string of the molecule is CCCOc1ccc(CNC(=NC)NCCCOC)cn1. The second kappa shape index (κ2) is 10.9. The molecule has 21 heavy (non-hydrogen) atoms. The van der Waals surface area contributed by atoms with Gasteiger partial charge in [0.1, 0.15) is 0 Å². The second-order valence-corrected chi connectivity index (χ2v) is 4.55. The summed E-state index contributed by atoms with van der Waals surface area (Å²) < 4.78 is 10.5. The summed E-state index contributed by atoms with van der Waals surface area (Å²) >= 11 is 0. The van der Waals surface area contributed by atoms with Crippen molar-refractivity contribution in [2.24, 2.45) is 4.99 Å². The van der Waals surface area contributed by atoms with Crippen molar-refractivity contribution in [3.63, 3.8) is 0 Å². The number of guanidine groups is 1. The molecule has 0 aliphatic rings. The van der Waals surface area contributed by atoms with E-state index in [9.17, 15) is 0 Å². The quantitative estimate of drug-likeness (QED) is 0.411. The molecule has 0 radical (unpaired) electrons. The van der Waals surface area contributed by atoms with Gasteiger partial charge in [0.05, 0.1) is 6.61 Å². The van der Waals surface area contributed by atoms with E-state index >= 15 is 0 Å². The number of nitrogens with zero attached hydrogens (tertiary/aromatic N) is 2. The lowest BCUT2D eigenvalue weighted by molar-refractivity contribution is 0.195. The molecule has 0 spiro atoms. The molecule has 0 saturated carbocycles. The van der Waals surface area contributed by atoms with Crippen LogP contribution in [-0.2, 0) is 11.3 Å². The molecule has 0 atom stereocenters. The molecule has 0 unspecified atom stereocenters. The molecular formula is C15H26N4O2. The summed E-state index contributed by atoms with van der Waals surface area (Å²) in [7, 11) is 3.46. The van der Waals surface area contributed by atoms with Crippen LogP contribution in [0.15, 0.2) is 23.3 Å². The van der Waals surface area contributed by atoms with E-state index in [2.05, 4.69) is 27.5 Å². The zero-order chi connectivity index (χ0) is 15.3. The zero-order valence-corrected chi connectivity index (χ0v) is 13.2. The van der Waals surface area contributed by atoms with Crippen LogP contribution in [0.25, 0.3) is 0 Å². The lowest BCUT2D eigenvalue weighted by Gasteiger charge is -2.12. The van der Waals surface area contributed by atoms with Crippen LogP contribution < -0.4 is 15.4 Å². The lowest BCUT2D eigenvalue weighted by Crippen LogP contribution is -2.37. The number of ether oxygens (including phenoxy) is 2. The van der Waals surface area contributed by atoms with Gasteiger partial charge in [-0.25, -0.2) is 4.98 Å². The number of rotatable bonds is 9. The fraction of sp³-hybridized carbons (Fsp3) is 0.600. The molecule has 1 rings (SSSR count). The van der Waals surface area contributed by atoms with Gasteiger partial charge in [-0.05, 0) is 18.4 Å². The highest BCUT2D eigenvalue weighted by Gasteiger charge is 2.00. The van der Waals surface area contributed by atoms with E-state index in [-0.39, 0.29) is 0 Å².